The Labute approximate surface area is 140 Å². The van der Waals surface area contributed by atoms with Gasteiger partial charge in [-0.05, 0) is 13.8 Å². The number of aliphatic hydroxyl groups excluding tert-OH is 2. The van der Waals surface area contributed by atoms with Crippen molar-refractivity contribution in [2.75, 3.05) is 5.73 Å². The zero-order chi connectivity index (χ0) is 18.5. The predicted octanol–water partition coefficient (Wildman–Crippen LogP) is -1.16. The summed E-state index contributed by atoms with van der Waals surface area (Å²) in [6.07, 6.45) is -4.43. The normalized spacial score (nSPS) is 30.2. The Bertz CT molecular complexity index is 943. The number of fused-ring (bicyclic) bond motifs is 1. The summed E-state index contributed by atoms with van der Waals surface area (Å²) in [5, 5.41) is 30.6. The van der Waals surface area contributed by atoms with Crippen molar-refractivity contribution in [2.24, 2.45) is 0 Å². The number of H-pyrrole nitrogens is 1. The molecule has 3 heterocycles. The van der Waals surface area contributed by atoms with Crippen LogP contribution in [0.25, 0.3) is 11.0 Å². The van der Waals surface area contributed by atoms with E-state index in [0.717, 1.165) is 10.8 Å². The molecule has 2 aromatic rings. The van der Waals surface area contributed by atoms with Crippen molar-refractivity contribution in [3.8, 4) is 11.8 Å². The summed E-state index contributed by atoms with van der Waals surface area (Å²) in [5.41, 5.74) is 2.37. The van der Waals surface area contributed by atoms with Gasteiger partial charge in [0, 0.05) is 6.20 Å². The Kier molecular flexibility index (Phi) is 4.04. The number of anilines is 1. The van der Waals surface area contributed by atoms with Crippen LogP contribution in [0.15, 0.2) is 11.0 Å². The van der Waals surface area contributed by atoms with E-state index < -0.39 is 41.5 Å². The van der Waals surface area contributed by atoms with Gasteiger partial charge in [-0.2, -0.15) is 4.98 Å². The van der Waals surface area contributed by atoms with Gasteiger partial charge in [0.15, 0.2) is 23.3 Å². The zero-order valence-electron chi connectivity index (χ0n) is 13.4. The molecule has 0 aromatic carbocycles. The number of hydrogen-bond donors (Lipinski definition) is 5. The molecule has 1 unspecified atom stereocenters. The third-order valence-corrected chi connectivity index (χ3v) is 4.13. The summed E-state index contributed by atoms with van der Waals surface area (Å²) in [5.74, 6) is 3.75. The van der Waals surface area contributed by atoms with E-state index in [1.54, 1.807) is 0 Å². The van der Waals surface area contributed by atoms with E-state index in [2.05, 4.69) is 21.8 Å². The van der Waals surface area contributed by atoms with Gasteiger partial charge in [0.25, 0.3) is 5.56 Å². The maximum atomic E-state index is 14.2. The number of rotatable bonds is 2. The summed E-state index contributed by atoms with van der Waals surface area (Å²) in [4.78, 5) is 18.0. The van der Waals surface area contributed by atoms with Crippen LogP contribution in [-0.4, -0.2) is 53.8 Å². The molecule has 5 atom stereocenters. The number of ether oxygens (including phenoxy) is 1. The summed E-state index contributed by atoms with van der Waals surface area (Å²) in [7, 11) is 0. The summed E-state index contributed by atoms with van der Waals surface area (Å²) in [6, 6.07) is 0. The van der Waals surface area contributed by atoms with Gasteiger partial charge in [-0.15, -0.1) is 5.92 Å². The van der Waals surface area contributed by atoms with Crippen LogP contribution in [0, 0.1) is 17.7 Å². The van der Waals surface area contributed by atoms with Gasteiger partial charge in [-0.3, -0.25) is 14.3 Å². The molecule has 0 radical (unpaired) electrons. The van der Waals surface area contributed by atoms with Gasteiger partial charge in [-0.25, -0.2) is 4.39 Å². The number of nitrogen functional groups attached to an aromatic ring is 1. The number of aromatic amines is 1. The zero-order valence-corrected chi connectivity index (χ0v) is 13.4. The number of aliphatic hydroxyl groups is 3. The van der Waals surface area contributed by atoms with E-state index >= 15 is 0 Å². The third-order valence-electron chi connectivity index (χ3n) is 4.13. The Hall–Kier alpha value is -2.45. The van der Waals surface area contributed by atoms with Crippen molar-refractivity contribution in [1.82, 2.24) is 14.5 Å². The number of nitrogens with one attached hydrogen (secondary N) is 1. The highest BCUT2D eigenvalue weighted by Gasteiger charge is 2.57. The Morgan fingerprint density at radius 2 is 2.28 bits per heavy atom. The highest BCUT2D eigenvalue weighted by atomic mass is 19.1. The molecule has 10 heteroatoms. The molecular weight excluding hydrogens is 335 g/mol. The molecule has 0 saturated carbocycles. The van der Waals surface area contributed by atoms with Crippen LogP contribution < -0.4 is 11.3 Å². The molecule has 0 bridgehead atoms. The summed E-state index contributed by atoms with van der Waals surface area (Å²) < 4.78 is 20.8. The van der Waals surface area contributed by atoms with Gasteiger partial charge < -0.3 is 25.8 Å². The molecule has 1 fully saturated rings. The molecular formula is C15H17FN4O5. The Morgan fingerprint density at radius 1 is 1.60 bits per heavy atom. The molecule has 3 rings (SSSR count). The average Bonchev–Trinajstić information content (AvgIpc) is 2.96. The van der Waals surface area contributed by atoms with Crippen molar-refractivity contribution < 1.29 is 24.4 Å². The number of hydrogen-bond acceptors (Lipinski definition) is 7. The summed E-state index contributed by atoms with van der Waals surface area (Å²) >= 11 is 0. The molecule has 1 saturated heterocycles. The smallest absolute Gasteiger partial charge is 0.264 e. The molecule has 0 spiro atoms. The van der Waals surface area contributed by atoms with E-state index in [1.165, 1.54) is 13.8 Å². The first kappa shape index (κ1) is 17.4. The second kappa shape index (κ2) is 5.82. The molecule has 2 aromatic heterocycles. The van der Waals surface area contributed by atoms with Crippen LogP contribution in [0.5, 0.6) is 0 Å². The van der Waals surface area contributed by atoms with Crippen LogP contribution in [-0.2, 0) is 4.74 Å². The second-order valence-corrected chi connectivity index (χ2v) is 5.87. The number of nitrogens with two attached hydrogens (primary N) is 1. The first-order chi connectivity index (χ1) is 11.7. The van der Waals surface area contributed by atoms with Crippen molar-refractivity contribution >= 4 is 17.0 Å². The van der Waals surface area contributed by atoms with E-state index in [0.29, 0.717) is 0 Å². The maximum absolute atomic E-state index is 14.2. The minimum atomic E-state index is -2.16. The van der Waals surface area contributed by atoms with Crippen molar-refractivity contribution in [1.29, 1.82) is 0 Å². The number of nitrogens with zero attached hydrogens (tertiary/aromatic N) is 2. The molecule has 1 aliphatic heterocycles. The lowest BCUT2D eigenvalue weighted by Gasteiger charge is -2.26. The molecule has 6 N–H and O–H groups in total. The fourth-order valence-electron chi connectivity index (χ4n) is 3.02. The van der Waals surface area contributed by atoms with Crippen LogP contribution in [0.2, 0.25) is 0 Å². The monoisotopic (exact) mass is 352 g/mol. The van der Waals surface area contributed by atoms with E-state index in [1.807, 2.05) is 0 Å². The van der Waals surface area contributed by atoms with Crippen LogP contribution in [0.1, 0.15) is 20.1 Å². The maximum Gasteiger partial charge on any atom is 0.264 e. The quantitative estimate of drug-likeness (QED) is 0.428. The lowest BCUT2D eigenvalue weighted by atomic mass is 9.93. The molecule has 9 nitrogen and oxygen atoms in total. The molecule has 0 amide bonds. The number of aromatic nitrogens is 3. The third kappa shape index (κ3) is 2.49. The van der Waals surface area contributed by atoms with Gasteiger partial charge in [-0.1, -0.05) is 5.92 Å². The molecule has 1 aliphatic rings. The Balaban J connectivity index is 2.25. The van der Waals surface area contributed by atoms with E-state index in [4.69, 9.17) is 10.5 Å². The fraction of sp³-hybridized carbons (Fsp3) is 0.467. The molecule has 134 valence electrons. The van der Waals surface area contributed by atoms with Crippen molar-refractivity contribution in [3.05, 3.63) is 22.4 Å². The van der Waals surface area contributed by atoms with E-state index in [-0.39, 0.29) is 17.0 Å². The minimum absolute atomic E-state index is 0.182. The lowest BCUT2D eigenvalue weighted by Crippen LogP contribution is -2.47. The van der Waals surface area contributed by atoms with Gasteiger partial charge in [0.05, 0.1) is 6.10 Å². The van der Waals surface area contributed by atoms with Crippen LogP contribution >= 0.6 is 0 Å². The van der Waals surface area contributed by atoms with Crippen LogP contribution in [0.3, 0.4) is 0 Å². The highest BCUT2D eigenvalue weighted by Crippen LogP contribution is 2.41. The molecule has 0 aliphatic carbocycles. The second-order valence-electron chi connectivity index (χ2n) is 5.87. The first-order valence-electron chi connectivity index (χ1n) is 7.44. The minimum Gasteiger partial charge on any atom is -0.391 e. The SMILES string of the molecule is CC#C[C@@]1(O)C(O)[C@@H]([C@@H](C)O)O[C@H]1n1cc(F)c2c(=O)[nH]c(N)nc21. The van der Waals surface area contributed by atoms with Crippen molar-refractivity contribution in [3.63, 3.8) is 0 Å². The average molecular weight is 352 g/mol. The topological polar surface area (TPSA) is 147 Å². The largest absolute Gasteiger partial charge is 0.391 e. The van der Waals surface area contributed by atoms with Crippen molar-refractivity contribution in [2.45, 2.75) is 44.0 Å². The molecule has 25 heavy (non-hydrogen) atoms. The van der Waals surface area contributed by atoms with Crippen LogP contribution in [0.4, 0.5) is 10.3 Å². The fourth-order valence-corrected chi connectivity index (χ4v) is 3.02. The van der Waals surface area contributed by atoms with Gasteiger partial charge in [0.2, 0.25) is 5.95 Å². The van der Waals surface area contributed by atoms with Gasteiger partial charge in [0.1, 0.15) is 17.6 Å². The van der Waals surface area contributed by atoms with Gasteiger partial charge >= 0.3 is 0 Å². The standard InChI is InChI=1S/C15H17FN4O5/c1-3-4-15(24)10(22)9(6(2)21)25-13(15)20-5-7(16)8-11(20)18-14(17)19-12(8)23/h5-6,9-10,13,21-22,24H,1-2H3,(H3,17,18,19,23)/t6-,9-,10?,13-,15-/m1/s1. The highest BCUT2D eigenvalue weighted by molar-refractivity contribution is 5.77. The Morgan fingerprint density at radius 3 is 2.88 bits per heavy atom. The first-order valence-corrected chi connectivity index (χ1v) is 7.44. The summed E-state index contributed by atoms with van der Waals surface area (Å²) in [6.45, 7) is 2.80. The number of halogens is 1. The lowest BCUT2D eigenvalue weighted by molar-refractivity contribution is -0.0846. The predicted molar refractivity (Wildman–Crippen MR) is 84.7 cm³/mol. The van der Waals surface area contributed by atoms with E-state index in [9.17, 15) is 24.5 Å².